The van der Waals surface area contributed by atoms with E-state index in [9.17, 15) is 52.7 Å². The van der Waals surface area contributed by atoms with E-state index in [1.165, 1.54) is 0 Å². The van der Waals surface area contributed by atoms with E-state index in [0.29, 0.717) is 6.07 Å². The van der Waals surface area contributed by atoms with Crippen molar-refractivity contribution in [1.29, 1.82) is 0 Å². The molecule has 0 saturated heterocycles. The van der Waals surface area contributed by atoms with Crippen LogP contribution in [0.3, 0.4) is 0 Å². The standard InChI is InChI=1S/C30H4F20N/c31-8-7(9(32)11(34)12(35)10(8)33)5-3-1-2-4-6(5)51(28-22(45)16(39)13(36)17(40)23(28)46,29-24(47)18(41)14(37)19(42)25(29)48)30-26(49)20(43)15(38)21(44)27(30)50/h1-4H/q+1. The van der Waals surface area contributed by atoms with Gasteiger partial charge >= 0.3 is 0 Å². The molecule has 268 valence electrons. The molecule has 51 heavy (non-hydrogen) atoms. The van der Waals surface area contributed by atoms with Crippen molar-refractivity contribution >= 4 is 22.7 Å². The molecule has 0 heterocycles. The molecule has 0 radical (unpaired) electrons. The number of nitrogens with zero attached hydrogens (tertiary/aromatic N) is 1. The molecule has 0 aliphatic heterocycles. The summed E-state index contributed by atoms with van der Waals surface area (Å²) in [6, 6.07) is 0.412. The highest BCUT2D eigenvalue weighted by Gasteiger charge is 2.58. The average molecular weight is 758 g/mol. The third-order valence-electron chi connectivity index (χ3n) is 7.31. The molecule has 21 heteroatoms. The van der Waals surface area contributed by atoms with Crippen LogP contribution >= 0.6 is 0 Å². The average Bonchev–Trinajstić information content (AvgIpc) is 3.11. The van der Waals surface area contributed by atoms with E-state index in [2.05, 4.69) is 0 Å². The van der Waals surface area contributed by atoms with Crippen LogP contribution in [0.4, 0.5) is 111 Å². The van der Waals surface area contributed by atoms with Gasteiger partial charge in [-0.1, -0.05) is 12.1 Å². The van der Waals surface area contributed by atoms with Crippen LogP contribution in [0.1, 0.15) is 0 Å². The van der Waals surface area contributed by atoms with Crippen LogP contribution in [0.2, 0.25) is 0 Å². The first kappa shape index (κ1) is 36.9. The van der Waals surface area contributed by atoms with Crippen LogP contribution in [-0.4, -0.2) is 0 Å². The van der Waals surface area contributed by atoms with Crippen molar-refractivity contribution in [3.63, 3.8) is 0 Å². The number of benzene rings is 5. The summed E-state index contributed by atoms with van der Waals surface area (Å²) < 4.78 is 295. The Kier molecular flexibility index (Phi) is 9.02. The van der Waals surface area contributed by atoms with Gasteiger partial charge < -0.3 is 0 Å². The second kappa shape index (κ2) is 12.5. The molecule has 0 unspecified atom stereocenters. The lowest BCUT2D eigenvalue weighted by Crippen LogP contribution is -2.41. The topological polar surface area (TPSA) is 0 Å². The zero-order chi connectivity index (χ0) is 38.3. The van der Waals surface area contributed by atoms with Crippen molar-refractivity contribution in [2.45, 2.75) is 0 Å². The van der Waals surface area contributed by atoms with Gasteiger partial charge in [-0.25, -0.2) is 61.5 Å². The molecule has 0 bridgehead atoms. The first-order chi connectivity index (χ1) is 23.7. The quantitative estimate of drug-likeness (QED) is 0.0725. The van der Waals surface area contributed by atoms with Crippen LogP contribution in [0.25, 0.3) is 11.1 Å². The van der Waals surface area contributed by atoms with E-state index in [1.54, 1.807) is 0 Å². The van der Waals surface area contributed by atoms with Gasteiger partial charge in [-0.3, -0.25) is 0 Å². The van der Waals surface area contributed by atoms with Gasteiger partial charge in [0.1, 0.15) is 0 Å². The highest BCUT2D eigenvalue weighted by Crippen LogP contribution is 2.60. The van der Waals surface area contributed by atoms with E-state index in [4.69, 9.17) is 0 Å². The van der Waals surface area contributed by atoms with Crippen molar-refractivity contribution in [2.75, 3.05) is 0 Å². The fourth-order valence-corrected chi connectivity index (χ4v) is 5.18. The molecule has 0 fully saturated rings. The Bertz CT molecular complexity index is 2050. The summed E-state index contributed by atoms with van der Waals surface area (Å²) in [6.45, 7) is 0. The monoisotopic (exact) mass is 758 g/mol. The molecule has 0 amide bonds. The summed E-state index contributed by atoms with van der Waals surface area (Å²) in [5.74, 6) is -66.2. The Balaban J connectivity index is 2.33. The molecule has 0 N–H and O–H groups in total. The lowest BCUT2D eigenvalue weighted by Gasteiger charge is -2.38. The number of hydrogen-bond acceptors (Lipinski definition) is 0. The molecule has 0 saturated carbocycles. The summed E-state index contributed by atoms with van der Waals surface area (Å²) in [7, 11) is 0. The van der Waals surface area contributed by atoms with E-state index >= 15 is 35.1 Å². The highest BCUT2D eigenvalue weighted by molar-refractivity contribution is 5.91. The van der Waals surface area contributed by atoms with Crippen molar-refractivity contribution in [2.24, 2.45) is 0 Å². The third-order valence-corrected chi connectivity index (χ3v) is 7.31. The van der Waals surface area contributed by atoms with Gasteiger partial charge in [0, 0.05) is 6.07 Å². The molecule has 5 rings (SSSR count). The normalized spacial score (nSPS) is 11.9. The molecular formula is C30H4F20N+. The van der Waals surface area contributed by atoms with Crippen LogP contribution in [0.15, 0.2) is 24.3 Å². The van der Waals surface area contributed by atoms with Crippen molar-refractivity contribution in [3.05, 3.63) is 141 Å². The maximum Gasteiger partial charge on any atom is 0.227 e. The molecule has 5 aromatic rings. The summed E-state index contributed by atoms with van der Waals surface area (Å²) in [4.78, 5) is 0. The van der Waals surface area contributed by atoms with Crippen LogP contribution in [-0.2, 0) is 0 Å². The lowest BCUT2D eigenvalue weighted by molar-refractivity contribution is 0.340. The number of quaternary nitrogens is 1. The number of para-hydroxylation sites is 1. The Labute approximate surface area is 267 Å². The number of rotatable bonds is 5. The van der Waals surface area contributed by atoms with Crippen LogP contribution in [0.5, 0.6) is 0 Å². The first-order valence-corrected chi connectivity index (χ1v) is 12.8. The number of halogens is 20. The van der Waals surface area contributed by atoms with Crippen molar-refractivity contribution in [3.8, 4) is 11.1 Å². The molecule has 0 aliphatic carbocycles. The molecule has 0 aliphatic rings. The molecule has 5 aromatic carbocycles. The summed E-state index contributed by atoms with van der Waals surface area (Å²) in [6.07, 6.45) is 0. The Morgan fingerprint density at radius 1 is 0.255 bits per heavy atom. The summed E-state index contributed by atoms with van der Waals surface area (Å²) in [5.41, 5.74) is -16.9. The van der Waals surface area contributed by atoms with Crippen molar-refractivity contribution in [1.82, 2.24) is 4.48 Å². The van der Waals surface area contributed by atoms with E-state index in [1.807, 2.05) is 0 Å². The highest BCUT2D eigenvalue weighted by atomic mass is 19.2. The zero-order valence-corrected chi connectivity index (χ0v) is 23.3. The van der Waals surface area contributed by atoms with Gasteiger partial charge in [-0.2, -0.15) is 30.8 Å². The summed E-state index contributed by atoms with van der Waals surface area (Å²) >= 11 is 0. The third kappa shape index (κ3) is 4.83. The number of hydrogen-bond donors (Lipinski definition) is 0. The van der Waals surface area contributed by atoms with Gasteiger partial charge in [-0.15, -0.1) is 0 Å². The Hall–Kier alpha value is -5.34. The van der Waals surface area contributed by atoms with E-state index < -0.39 is 155 Å². The van der Waals surface area contributed by atoms with E-state index in [0.717, 1.165) is 0 Å². The van der Waals surface area contributed by atoms with Gasteiger partial charge in [0.05, 0.1) is 11.1 Å². The maximum absolute atomic E-state index is 15.8. The van der Waals surface area contributed by atoms with Gasteiger partial charge in [-0.05, 0) is 6.07 Å². The fourth-order valence-electron chi connectivity index (χ4n) is 5.18. The second-order valence-electron chi connectivity index (χ2n) is 9.89. The minimum Gasteiger partial charge on any atom is -0.203 e. The van der Waals surface area contributed by atoms with Gasteiger partial charge in [0.15, 0.2) is 29.0 Å². The van der Waals surface area contributed by atoms with Crippen molar-refractivity contribution < 1.29 is 87.8 Å². The first-order valence-electron chi connectivity index (χ1n) is 12.8. The molecule has 0 aromatic heterocycles. The zero-order valence-electron chi connectivity index (χ0n) is 23.3. The SMILES string of the molecule is Fc1c(F)c(F)c(-c2ccccc2[N+](c2c(F)c(F)c(F)c(F)c2F)(c2c(F)c(F)c(F)c(F)c2F)c2c(F)c(F)c(F)c(F)c2F)c(F)c1F. The van der Waals surface area contributed by atoms with Crippen LogP contribution < -0.4 is 4.48 Å². The molecule has 0 spiro atoms. The molecule has 1 nitrogen and oxygen atoms in total. The Morgan fingerprint density at radius 2 is 0.471 bits per heavy atom. The molecule has 0 atom stereocenters. The second-order valence-corrected chi connectivity index (χ2v) is 9.89. The maximum atomic E-state index is 15.8. The smallest absolute Gasteiger partial charge is 0.203 e. The summed E-state index contributed by atoms with van der Waals surface area (Å²) in [5, 5.41) is 0. The van der Waals surface area contributed by atoms with E-state index in [-0.39, 0.29) is 18.2 Å². The Morgan fingerprint density at radius 3 is 0.745 bits per heavy atom. The predicted octanol–water partition coefficient (Wildman–Crippen LogP) is 11.4. The van der Waals surface area contributed by atoms with Gasteiger partial charge in [0.2, 0.25) is 110 Å². The van der Waals surface area contributed by atoms with Gasteiger partial charge in [0.25, 0.3) is 0 Å². The minimum atomic E-state index is -4.32. The largest absolute Gasteiger partial charge is 0.227 e. The fraction of sp³-hybridized carbons (Fsp3) is 0. The molecular weight excluding hydrogens is 754 g/mol. The van der Waals surface area contributed by atoms with Crippen LogP contribution in [0, 0.1) is 116 Å². The predicted molar refractivity (Wildman–Crippen MR) is 131 cm³/mol. The minimum absolute atomic E-state index is 0.0370. The lowest BCUT2D eigenvalue weighted by atomic mass is 9.95.